The number of hydrogen-bond acceptors (Lipinski definition) is 3. The molecule has 0 bridgehead atoms. The molecule has 1 heterocycles. The van der Waals surface area contributed by atoms with Crippen LogP contribution in [0.1, 0.15) is 167 Å². The summed E-state index contributed by atoms with van der Waals surface area (Å²) in [6.07, 6.45) is 32.1. The molecule has 35 heavy (non-hydrogen) atoms. The van der Waals surface area contributed by atoms with E-state index in [1.807, 2.05) is 6.08 Å². The molecule has 1 aliphatic heterocycles. The van der Waals surface area contributed by atoms with Crippen molar-refractivity contribution in [1.82, 2.24) is 0 Å². The van der Waals surface area contributed by atoms with Crippen molar-refractivity contribution in [2.45, 2.75) is 192 Å². The van der Waals surface area contributed by atoms with Crippen LogP contribution in [-0.4, -0.2) is 34.6 Å². The van der Waals surface area contributed by atoms with Crippen molar-refractivity contribution in [3.8, 4) is 0 Å². The Labute approximate surface area is 219 Å². The molecule has 1 fully saturated rings. The van der Waals surface area contributed by atoms with Gasteiger partial charge in [-0.1, -0.05) is 135 Å². The molecule has 1 rings (SSSR count). The molecule has 0 aliphatic carbocycles. The van der Waals surface area contributed by atoms with Gasteiger partial charge in [0, 0.05) is 0 Å². The number of rotatable bonds is 26. The highest BCUT2D eigenvalue weighted by molar-refractivity contribution is 4.83. The molecule has 0 aromatic carbocycles. The van der Waals surface area contributed by atoms with Gasteiger partial charge < -0.3 is 14.9 Å². The van der Waals surface area contributed by atoms with E-state index in [2.05, 4.69) is 13.5 Å². The predicted octanol–water partition coefficient (Wildman–Crippen LogP) is 9.43. The SMILES string of the molecule is C=CCCCCCCCCCC[C@H](O)[C@@H]1CC[C@H]([C@H](O)CCCCCCCCCCCCCC)O1. The number of allylic oxidation sites excluding steroid dienone is 1. The summed E-state index contributed by atoms with van der Waals surface area (Å²) < 4.78 is 6.08. The van der Waals surface area contributed by atoms with Crippen LogP contribution >= 0.6 is 0 Å². The zero-order chi connectivity index (χ0) is 25.4. The number of aliphatic hydroxyl groups excluding tert-OH is 2. The van der Waals surface area contributed by atoms with Crippen molar-refractivity contribution in [3.05, 3.63) is 12.7 Å². The van der Waals surface area contributed by atoms with Crippen LogP contribution in [-0.2, 0) is 4.74 Å². The van der Waals surface area contributed by atoms with E-state index in [4.69, 9.17) is 4.74 Å². The van der Waals surface area contributed by atoms with E-state index < -0.39 is 0 Å². The Morgan fingerprint density at radius 2 is 0.943 bits per heavy atom. The van der Waals surface area contributed by atoms with Gasteiger partial charge in [0.05, 0.1) is 24.4 Å². The summed E-state index contributed by atoms with van der Waals surface area (Å²) in [5, 5.41) is 21.1. The normalized spacial score (nSPS) is 19.7. The van der Waals surface area contributed by atoms with E-state index in [-0.39, 0.29) is 24.4 Å². The van der Waals surface area contributed by atoms with Crippen LogP contribution in [0.25, 0.3) is 0 Å². The van der Waals surface area contributed by atoms with Gasteiger partial charge in [-0.05, 0) is 38.5 Å². The Morgan fingerprint density at radius 3 is 1.31 bits per heavy atom. The standard InChI is InChI=1S/C32H62O3/c1-3-5-7-9-11-13-15-16-18-20-22-24-26-30(34)32-28-27-31(35-32)29(33)25-23-21-19-17-14-12-10-8-6-4-2/h4,29-34H,2-3,5-28H2,1H3/t29-,30+,31-,32+/m0/s1. The van der Waals surface area contributed by atoms with Gasteiger partial charge in [-0.15, -0.1) is 6.58 Å². The lowest BCUT2D eigenvalue weighted by atomic mass is 10.00. The van der Waals surface area contributed by atoms with Crippen molar-refractivity contribution < 1.29 is 14.9 Å². The molecule has 3 heteroatoms. The second kappa shape index (κ2) is 24.0. The summed E-state index contributed by atoms with van der Waals surface area (Å²) in [5.41, 5.74) is 0. The van der Waals surface area contributed by atoms with Gasteiger partial charge in [-0.2, -0.15) is 0 Å². The van der Waals surface area contributed by atoms with Gasteiger partial charge >= 0.3 is 0 Å². The van der Waals surface area contributed by atoms with Crippen LogP contribution in [0.2, 0.25) is 0 Å². The maximum absolute atomic E-state index is 10.6. The first kappa shape index (κ1) is 32.6. The number of unbranched alkanes of at least 4 members (excludes halogenated alkanes) is 19. The minimum atomic E-state index is -0.363. The molecule has 208 valence electrons. The molecule has 0 spiro atoms. The van der Waals surface area contributed by atoms with Crippen molar-refractivity contribution in [1.29, 1.82) is 0 Å². The number of hydrogen-bond donors (Lipinski definition) is 2. The van der Waals surface area contributed by atoms with E-state index in [0.29, 0.717) is 0 Å². The van der Waals surface area contributed by atoms with Crippen molar-refractivity contribution in [2.24, 2.45) is 0 Å². The second-order valence-corrected chi connectivity index (χ2v) is 11.3. The van der Waals surface area contributed by atoms with Crippen molar-refractivity contribution in [3.63, 3.8) is 0 Å². The Balaban J connectivity index is 1.92. The summed E-state index contributed by atoms with van der Waals surface area (Å²) in [4.78, 5) is 0. The van der Waals surface area contributed by atoms with Gasteiger partial charge in [0.25, 0.3) is 0 Å². The minimum absolute atomic E-state index is 0.0663. The summed E-state index contributed by atoms with van der Waals surface area (Å²) in [6.45, 7) is 6.05. The van der Waals surface area contributed by atoms with Crippen LogP contribution in [0.15, 0.2) is 12.7 Å². The topological polar surface area (TPSA) is 49.7 Å². The maximum Gasteiger partial charge on any atom is 0.0840 e. The maximum atomic E-state index is 10.6. The summed E-state index contributed by atoms with van der Waals surface area (Å²) in [5.74, 6) is 0. The van der Waals surface area contributed by atoms with Crippen LogP contribution in [0.3, 0.4) is 0 Å². The van der Waals surface area contributed by atoms with Gasteiger partial charge in [0.15, 0.2) is 0 Å². The Hall–Kier alpha value is -0.380. The largest absolute Gasteiger partial charge is 0.390 e. The lowest BCUT2D eigenvalue weighted by Crippen LogP contribution is -2.31. The molecular weight excluding hydrogens is 432 g/mol. The van der Waals surface area contributed by atoms with Crippen molar-refractivity contribution in [2.75, 3.05) is 0 Å². The van der Waals surface area contributed by atoms with E-state index in [9.17, 15) is 10.2 Å². The lowest BCUT2D eigenvalue weighted by molar-refractivity contribution is -0.0786. The predicted molar refractivity (Wildman–Crippen MR) is 152 cm³/mol. The van der Waals surface area contributed by atoms with Gasteiger partial charge in [0.2, 0.25) is 0 Å². The average molecular weight is 495 g/mol. The zero-order valence-corrected chi connectivity index (χ0v) is 23.6. The fourth-order valence-corrected chi connectivity index (χ4v) is 5.52. The van der Waals surface area contributed by atoms with Gasteiger partial charge in [0.1, 0.15) is 0 Å². The molecule has 0 amide bonds. The quantitative estimate of drug-likeness (QED) is 0.0929. The highest BCUT2D eigenvalue weighted by atomic mass is 16.5. The molecule has 1 aliphatic rings. The third kappa shape index (κ3) is 18.5. The molecule has 0 aromatic heterocycles. The van der Waals surface area contributed by atoms with Crippen LogP contribution in [0.4, 0.5) is 0 Å². The summed E-state index contributed by atoms with van der Waals surface area (Å²) in [6, 6.07) is 0. The highest BCUT2D eigenvalue weighted by Gasteiger charge is 2.33. The monoisotopic (exact) mass is 494 g/mol. The molecule has 4 atom stereocenters. The molecule has 0 unspecified atom stereocenters. The molecule has 3 nitrogen and oxygen atoms in total. The highest BCUT2D eigenvalue weighted by Crippen LogP contribution is 2.28. The Bertz CT molecular complexity index is 452. The molecule has 1 saturated heterocycles. The lowest BCUT2D eigenvalue weighted by Gasteiger charge is -2.22. The van der Waals surface area contributed by atoms with Crippen LogP contribution in [0, 0.1) is 0 Å². The Morgan fingerprint density at radius 1 is 0.600 bits per heavy atom. The fraction of sp³-hybridized carbons (Fsp3) is 0.938. The third-order valence-electron chi connectivity index (χ3n) is 7.96. The van der Waals surface area contributed by atoms with E-state index in [0.717, 1.165) is 44.9 Å². The minimum Gasteiger partial charge on any atom is -0.390 e. The third-order valence-corrected chi connectivity index (χ3v) is 7.96. The molecule has 0 aromatic rings. The second-order valence-electron chi connectivity index (χ2n) is 11.3. The van der Waals surface area contributed by atoms with Gasteiger partial charge in [-0.25, -0.2) is 0 Å². The number of aliphatic hydroxyl groups is 2. The van der Waals surface area contributed by atoms with Crippen LogP contribution in [0.5, 0.6) is 0 Å². The molecule has 0 saturated carbocycles. The summed E-state index contributed by atoms with van der Waals surface area (Å²) in [7, 11) is 0. The first-order chi connectivity index (χ1) is 17.2. The molecule has 2 N–H and O–H groups in total. The van der Waals surface area contributed by atoms with Gasteiger partial charge in [-0.3, -0.25) is 0 Å². The van der Waals surface area contributed by atoms with E-state index in [1.165, 1.54) is 116 Å². The first-order valence-electron chi connectivity index (χ1n) is 15.8. The van der Waals surface area contributed by atoms with Crippen LogP contribution < -0.4 is 0 Å². The van der Waals surface area contributed by atoms with E-state index in [1.54, 1.807) is 0 Å². The van der Waals surface area contributed by atoms with E-state index >= 15 is 0 Å². The average Bonchev–Trinajstić information content (AvgIpc) is 3.36. The summed E-state index contributed by atoms with van der Waals surface area (Å²) >= 11 is 0. The Kier molecular flexibility index (Phi) is 22.4. The van der Waals surface area contributed by atoms with Crippen molar-refractivity contribution >= 4 is 0 Å². The zero-order valence-electron chi connectivity index (χ0n) is 23.6. The fourth-order valence-electron chi connectivity index (χ4n) is 5.52. The molecule has 0 radical (unpaired) electrons. The first-order valence-corrected chi connectivity index (χ1v) is 15.8. The molecular formula is C32H62O3. The smallest absolute Gasteiger partial charge is 0.0840 e. The number of ether oxygens (including phenoxy) is 1.